The van der Waals surface area contributed by atoms with Gasteiger partial charge in [-0.15, -0.1) is 0 Å². The molecule has 0 unspecified atom stereocenters. The molecule has 0 saturated heterocycles. The maximum atomic E-state index is 10.6. The van der Waals surface area contributed by atoms with Crippen molar-refractivity contribution >= 4 is 9.84 Å². The highest BCUT2D eigenvalue weighted by Crippen LogP contribution is 1.92. The van der Waals surface area contributed by atoms with E-state index in [1.54, 1.807) is 6.92 Å². The molecule has 0 radical (unpaired) electrons. The summed E-state index contributed by atoms with van der Waals surface area (Å²) >= 11 is 0. The summed E-state index contributed by atoms with van der Waals surface area (Å²) in [5.41, 5.74) is 0. The van der Waals surface area contributed by atoms with Gasteiger partial charge in [-0.2, -0.15) is 0 Å². The third-order valence-electron chi connectivity index (χ3n) is 0.935. The lowest BCUT2D eigenvalue weighted by atomic mass is 10.5. The van der Waals surface area contributed by atoms with E-state index in [4.69, 9.17) is 5.11 Å². The van der Waals surface area contributed by atoms with Crippen molar-refractivity contribution in [1.29, 1.82) is 0 Å². The van der Waals surface area contributed by atoms with Crippen molar-refractivity contribution in [3.05, 3.63) is 0 Å². The van der Waals surface area contributed by atoms with Gasteiger partial charge < -0.3 is 5.11 Å². The standard InChI is InChI=1S/C5H12O3S/c1-3-9(7,8)4-5(2)6/h5-6H,3-4H2,1-2H3/t5-/m0/s1. The average molecular weight is 152 g/mol. The molecule has 0 aliphatic rings. The van der Waals surface area contributed by atoms with Crippen LogP contribution >= 0.6 is 0 Å². The maximum Gasteiger partial charge on any atom is 0.152 e. The van der Waals surface area contributed by atoms with E-state index in [0.717, 1.165) is 0 Å². The monoisotopic (exact) mass is 152 g/mol. The molecule has 0 saturated carbocycles. The minimum Gasteiger partial charge on any atom is -0.392 e. The first-order chi connectivity index (χ1) is 3.98. The highest BCUT2D eigenvalue weighted by molar-refractivity contribution is 7.91. The van der Waals surface area contributed by atoms with Gasteiger partial charge in [0.15, 0.2) is 9.84 Å². The van der Waals surface area contributed by atoms with Gasteiger partial charge in [0, 0.05) is 5.75 Å². The first-order valence-corrected chi connectivity index (χ1v) is 4.68. The van der Waals surface area contributed by atoms with Crippen LogP contribution in [0.25, 0.3) is 0 Å². The molecule has 0 fully saturated rings. The van der Waals surface area contributed by atoms with E-state index in [9.17, 15) is 8.42 Å². The predicted octanol–water partition coefficient (Wildman–Crippen LogP) is -0.198. The molecule has 0 aromatic carbocycles. The van der Waals surface area contributed by atoms with Crippen LogP contribution in [0.15, 0.2) is 0 Å². The Morgan fingerprint density at radius 2 is 2.00 bits per heavy atom. The fraction of sp³-hybridized carbons (Fsp3) is 1.00. The first kappa shape index (κ1) is 8.91. The summed E-state index contributed by atoms with van der Waals surface area (Å²) in [4.78, 5) is 0. The minimum absolute atomic E-state index is 0.109. The molecule has 1 atom stereocenters. The lowest BCUT2D eigenvalue weighted by Crippen LogP contribution is -2.18. The van der Waals surface area contributed by atoms with Crippen LogP contribution in [-0.4, -0.2) is 31.1 Å². The second-order valence-corrected chi connectivity index (χ2v) is 4.45. The molecule has 9 heavy (non-hydrogen) atoms. The zero-order chi connectivity index (χ0) is 7.49. The van der Waals surface area contributed by atoms with E-state index >= 15 is 0 Å². The molecule has 4 heteroatoms. The Hall–Kier alpha value is -0.0900. The van der Waals surface area contributed by atoms with Crippen molar-refractivity contribution < 1.29 is 13.5 Å². The molecule has 0 amide bonds. The lowest BCUT2D eigenvalue weighted by Gasteiger charge is -2.01. The van der Waals surface area contributed by atoms with Crippen LogP contribution in [0.2, 0.25) is 0 Å². The molecule has 0 aromatic heterocycles. The van der Waals surface area contributed by atoms with Gasteiger partial charge >= 0.3 is 0 Å². The molecule has 0 aliphatic heterocycles. The normalized spacial score (nSPS) is 15.4. The van der Waals surface area contributed by atoms with Crippen LogP contribution in [0.3, 0.4) is 0 Å². The summed E-state index contributed by atoms with van der Waals surface area (Å²) in [6.07, 6.45) is -0.741. The zero-order valence-corrected chi connectivity index (χ0v) is 6.48. The summed E-state index contributed by atoms with van der Waals surface area (Å²) in [6.45, 7) is 3.03. The molecule has 0 rings (SSSR count). The smallest absolute Gasteiger partial charge is 0.152 e. The van der Waals surface area contributed by atoms with Crippen LogP contribution in [0.4, 0.5) is 0 Å². The fourth-order valence-corrected chi connectivity index (χ4v) is 1.46. The van der Waals surface area contributed by atoms with Gasteiger partial charge in [-0.25, -0.2) is 8.42 Å². The Kier molecular flexibility index (Phi) is 3.14. The molecule has 0 bridgehead atoms. The summed E-state index contributed by atoms with van der Waals surface area (Å²) in [5.74, 6) is -0.0125. The van der Waals surface area contributed by atoms with Gasteiger partial charge in [-0.3, -0.25) is 0 Å². The predicted molar refractivity (Wildman–Crippen MR) is 36.0 cm³/mol. The minimum atomic E-state index is -2.97. The molecular formula is C5H12O3S. The second kappa shape index (κ2) is 3.17. The quantitative estimate of drug-likeness (QED) is 0.609. The third kappa shape index (κ3) is 4.42. The number of sulfone groups is 1. The number of aliphatic hydroxyl groups is 1. The maximum absolute atomic E-state index is 10.6. The molecule has 0 aliphatic carbocycles. The number of aliphatic hydroxyl groups excluding tert-OH is 1. The Morgan fingerprint density at radius 1 is 1.56 bits per heavy atom. The van der Waals surface area contributed by atoms with Crippen LogP contribution in [0, 0.1) is 0 Å². The van der Waals surface area contributed by atoms with E-state index in [2.05, 4.69) is 0 Å². The molecular weight excluding hydrogens is 140 g/mol. The largest absolute Gasteiger partial charge is 0.392 e. The van der Waals surface area contributed by atoms with Gasteiger partial charge in [0.05, 0.1) is 11.9 Å². The zero-order valence-electron chi connectivity index (χ0n) is 5.66. The number of hydrogen-bond acceptors (Lipinski definition) is 3. The highest BCUT2D eigenvalue weighted by atomic mass is 32.2. The summed E-state index contributed by atoms with van der Waals surface area (Å²) in [5, 5.41) is 8.64. The summed E-state index contributed by atoms with van der Waals surface area (Å²) in [7, 11) is -2.97. The van der Waals surface area contributed by atoms with Crippen LogP contribution in [-0.2, 0) is 9.84 Å². The van der Waals surface area contributed by atoms with Gasteiger partial charge in [0.25, 0.3) is 0 Å². The van der Waals surface area contributed by atoms with Gasteiger partial charge in [-0.05, 0) is 6.92 Å². The third-order valence-corrected chi connectivity index (χ3v) is 2.80. The highest BCUT2D eigenvalue weighted by Gasteiger charge is 2.09. The van der Waals surface area contributed by atoms with Gasteiger partial charge in [0.1, 0.15) is 0 Å². The van der Waals surface area contributed by atoms with Crippen molar-refractivity contribution in [3.63, 3.8) is 0 Å². The van der Waals surface area contributed by atoms with Gasteiger partial charge in [-0.1, -0.05) is 6.92 Å². The van der Waals surface area contributed by atoms with Crippen molar-refractivity contribution in [3.8, 4) is 0 Å². The first-order valence-electron chi connectivity index (χ1n) is 2.86. The molecule has 1 N–H and O–H groups in total. The lowest BCUT2D eigenvalue weighted by molar-refractivity contribution is 0.218. The molecule has 0 aromatic rings. The van der Waals surface area contributed by atoms with Crippen LogP contribution in [0.1, 0.15) is 13.8 Å². The van der Waals surface area contributed by atoms with E-state index in [1.807, 2.05) is 0 Å². The van der Waals surface area contributed by atoms with Crippen LogP contribution < -0.4 is 0 Å². The summed E-state index contributed by atoms with van der Waals surface area (Å²) < 4.78 is 21.3. The van der Waals surface area contributed by atoms with Crippen molar-refractivity contribution in [1.82, 2.24) is 0 Å². The average Bonchev–Trinajstić information content (AvgIpc) is 1.63. The van der Waals surface area contributed by atoms with E-state index < -0.39 is 15.9 Å². The van der Waals surface area contributed by atoms with Crippen molar-refractivity contribution in [2.24, 2.45) is 0 Å². The van der Waals surface area contributed by atoms with E-state index in [-0.39, 0.29) is 11.5 Å². The Morgan fingerprint density at radius 3 is 2.11 bits per heavy atom. The molecule has 0 spiro atoms. The Balaban J connectivity index is 3.90. The topological polar surface area (TPSA) is 54.4 Å². The molecule has 56 valence electrons. The Labute approximate surface area is 55.6 Å². The van der Waals surface area contributed by atoms with Gasteiger partial charge in [0.2, 0.25) is 0 Å². The van der Waals surface area contributed by atoms with E-state index in [0.29, 0.717) is 0 Å². The van der Waals surface area contributed by atoms with Crippen molar-refractivity contribution in [2.45, 2.75) is 20.0 Å². The number of hydrogen-bond donors (Lipinski definition) is 1. The second-order valence-electron chi connectivity index (χ2n) is 2.05. The fourth-order valence-electron chi connectivity index (χ4n) is 0.485. The summed E-state index contributed by atoms with van der Waals surface area (Å²) in [6, 6.07) is 0. The number of rotatable bonds is 3. The van der Waals surface area contributed by atoms with E-state index in [1.165, 1.54) is 6.92 Å². The molecule has 0 heterocycles. The Bertz CT molecular complexity index is 157. The van der Waals surface area contributed by atoms with Crippen LogP contribution in [0.5, 0.6) is 0 Å². The van der Waals surface area contributed by atoms with Crippen molar-refractivity contribution in [2.75, 3.05) is 11.5 Å². The SMILES string of the molecule is CCS(=O)(=O)C[C@H](C)O. The molecule has 3 nitrogen and oxygen atoms in total.